The third kappa shape index (κ3) is 2.33. The van der Waals surface area contributed by atoms with Crippen LogP contribution >= 0.6 is 15.9 Å². The van der Waals surface area contributed by atoms with E-state index < -0.39 is 0 Å². The van der Waals surface area contributed by atoms with Gasteiger partial charge in [0.15, 0.2) is 0 Å². The Morgan fingerprint density at radius 2 is 1.12 bits per heavy atom. The molecule has 0 radical (unpaired) electrons. The molecule has 0 bridgehead atoms. The summed E-state index contributed by atoms with van der Waals surface area (Å²) in [4.78, 5) is 0. The maximum absolute atomic E-state index is 3.97. The summed E-state index contributed by atoms with van der Waals surface area (Å²) in [5.41, 5.74) is 5.92. The van der Waals surface area contributed by atoms with Crippen LogP contribution in [-0.4, -0.2) is 11.1 Å². The first-order valence-electron chi connectivity index (χ1n) is 9.89. The van der Waals surface area contributed by atoms with Crippen molar-refractivity contribution >= 4 is 27.3 Å². The van der Waals surface area contributed by atoms with Crippen molar-refractivity contribution < 1.29 is 0 Å². The molecule has 0 spiro atoms. The monoisotopic (exact) mass is 406 g/mol. The Balaban J connectivity index is 2.18. The minimum absolute atomic E-state index is 0.0958. The van der Waals surface area contributed by atoms with E-state index in [0.717, 1.165) is 0 Å². The van der Waals surface area contributed by atoms with E-state index in [-0.39, 0.29) is 21.9 Å². The molecule has 1 aromatic carbocycles. The third-order valence-electron chi connectivity index (χ3n) is 7.67. The molecule has 0 aliphatic carbocycles. The molecule has 3 heteroatoms. The predicted octanol–water partition coefficient (Wildman–Crippen LogP) is 6.97. The van der Waals surface area contributed by atoms with Crippen LogP contribution in [0.3, 0.4) is 0 Å². The number of nitrogens with one attached hydrogen (secondary N) is 2. The zero-order chi connectivity index (χ0) is 18.8. The van der Waals surface area contributed by atoms with Crippen LogP contribution in [-0.2, 0) is 10.8 Å². The fourth-order valence-electron chi connectivity index (χ4n) is 5.09. The van der Waals surface area contributed by atoms with Crippen molar-refractivity contribution in [2.75, 3.05) is 10.6 Å². The first-order chi connectivity index (χ1) is 11.4. The van der Waals surface area contributed by atoms with Gasteiger partial charge in [0.1, 0.15) is 0 Å². The highest BCUT2D eigenvalue weighted by Crippen LogP contribution is 2.59. The highest BCUT2D eigenvalue weighted by molar-refractivity contribution is 9.10. The fourth-order valence-corrected chi connectivity index (χ4v) is 5.71. The molecule has 2 heterocycles. The average Bonchev–Trinajstić information content (AvgIpc) is 2.82. The van der Waals surface area contributed by atoms with Crippen LogP contribution in [0.5, 0.6) is 0 Å². The molecule has 0 saturated carbocycles. The van der Waals surface area contributed by atoms with Crippen LogP contribution < -0.4 is 10.6 Å². The standard InChI is InChI=1S/C22H35BrN2/c1-9-11-21(7)19(3,4)14-13-15-18(16(23)17(14)24-21)25-22(8,12-10-2)20(15,5)6/h13,24-25H,9-12H2,1-8H3. The largest absolute Gasteiger partial charge is 0.378 e. The van der Waals surface area contributed by atoms with Gasteiger partial charge in [0, 0.05) is 21.9 Å². The Hall–Kier alpha value is -0.700. The first kappa shape index (κ1) is 19.1. The highest BCUT2D eigenvalue weighted by atomic mass is 79.9. The van der Waals surface area contributed by atoms with Crippen LogP contribution in [0, 0.1) is 0 Å². The van der Waals surface area contributed by atoms with Crippen molar-refractivity contribution in [2.45, 2.75) is 103 Å². The molecule has 140 valence electrons. The van der Waals surface area contributed by atoms with Gasteiger partial charge >= 0.3 is 0 Å². The van der Waals surface area contributed by atoms with E-state index >= 15 is 0 Å². The summed E-state index contributed by atoms with van der Waals surface area (Å²) in [6.07, 6.45) is 4.74. The van der Waals surface area contributed by atoms with Crippen LogP contribution in [0.1, 0.15) is 92.2 Å². The SMILES string of the molecule is CCCC1(C)Nc2c(cc3c(c2Br)NC(C)(CCC)C3(C)C)C1(C)C. The maximum Gasteiger partial charge on any atom is 0.0644 e. The summed E-state index contributed by atoms with van der Waals surface area (Å²) in [7, 11) is 0. The minimum atomic E-state index is 0.0958. The van der Waals surface area contributed by atoms with E-state index in [9.17, 15) is 0 Å². The smallest absolute Gasteiger partial charge is 0.0644 e. The van der Waals surface area contributed by atoms with Gasteiger partial charge in [-0.15, -0.1) is 0 Å². The number of anilines is 2. The molecule has 2 N–H and O–H groups in total. The van der Waals surface area contributed by atoms with Gasteiger partial charge in [-0.25, -0.2) is 0 Å². The Labute approximate surface area is 162 Å². The lowest BCUT2D eigenvalue weighted by atomic mass is 9.67. The van der Waals surface area contributed by atoms with Crippen molar-refractivity contribution in [3.05, 3.63) is 21.7 Å². The van der Waals surface area contributed by atoms with Crippen LogP contribution in [0.4, 0.5) is 11.4 Å². The molecule has 3 rings (SSSR count). The second-order valence-electron chi connectivity index (χ2n) is 9.70. The second-order valence-corrected chi connectivity index (χ2v) is 10.5. The first-order valence-corrected chi connectivity index (χ1v) is 10.7. The summed E-state index contributed by atoms with van der Waals surface area (Å²) in [5, 5.41) is 7.80. The van der Waals surface area contributed by atoms with Gasteiger partial charge in [-0.3, -0.25) is 0 Å². The van der Waals surface area contributed by atoms with Gasteiger partial charge in [0.25, 0.3) is 0 Å². The Morgan fingerprint density at radius 1 is 0.760 bits per heavy atom. The Kier molecular flexibility index (Phi) is 4.31. The molecule has 2 aliphatic rings. The van der Waals surface area contributed by atoms with Gasteiger partial charge in [-0.1, -0.05) is 60.5 Å². The number of rotatable bonds is 4. The molecule has 2 atom stereocenters. The Bertz CT molecular complexity index is 650. The van der Waals surface area contributed by atoms with E-state index in [1.807, 2.05) is 0 Å². The van der Waals surface area contributed by atoms with E-state index in [0.29, 0.717) is 0 Å². The number of hydrogen-bond acceptors (Lipinski definition) is 2. The van der Waals surface area contributed by atoms with Gasteiger partial charge < -0.3 is 10.6 Å². The molecule has 0 fully saturated rings. The third-order valence-corrected chi connectivity index (χ3v) is 8.47. The number of halogens is 1. The van der Waals surface area contributed by atoms with Gasteiger partial charge in [-0.05, 0) is 53.7 Å². The van der Waals surface area contributed by atoms with Crippen LogP contribution in [0.15, 0.2) is 10.5 Å². The van der Waals surface area contributed by atoms with Crippen molar-refractivity contribution in [3.63, 3.8) is 0 Å². The molecule has 1 aromatic rings. The second kappa shape index (κ2) is 5.65. The van der Waals surface area contributed by atoms with E-state index in [2.05, 4.69) is 88.0 Å². The summed E-state index contributed by atoms with van der Waals surface area (Å²) in [5.74, 6) is 0. The van der Waals surface area contributed by atoms with Crippen molar-refractivity contribution in [3.8, 4) is 0 Å². The maximum atomic E-state index is 3.97. The fraction of sp³-hybridized carbons (Fsp3) is 0.727. The number of hydrogen-bond donors (Lipinski definition) is 2. The zero-order valence-corrected chi connectivity index (χ0v) is 18.9. The lowest BCUT2D eigenvalue weighted by molar-refractivity contribution is 0.301. The minimum Gasteiger partial charge on any atom is -0.378 e. The molecular weight excluding hydrogens is 372 g/mol. The summed E-state index contributed by atoms with van der Waals surface area (Å²) in [6, 6.07) is 2.50. The number of benzene rings is 1. The van der Waals surface area contributed by atoms with Crippen LogP contribution in [0.2, 0.25) is 0 Å². The van der Waals surface area contributed by atoms with Crippen molar-refractivity contribution in [2.24, 2.45) is 0 Å². The predicted molar refractivity (Wildman–Crippen MR) is 114 cm³/mol. The molecule has 0 aromatic heterocycles. The van der Waals surface area contributed by atoms with E-state index in [1.165, 1.54) is 52.7 Å². The molecule has 25 heavy (non-hydrogen) atoms. The van der Waals surface area contributed by atoms with Crippen molar-refractivity contribution in [1.29, 1.82) is 0 Å². The summed E-state index contributed by atoms with van der Waals surface area (Å²) >= 11 is 3.97. The van der Waals surface area contributed by atoms with Gasteiger partial charge in [0.2, 0.25) is 0 Å². The van der Waals surface area contributed by atoms with Crippen LogP contribution in [0.25, 0.3) is 0 Å². The molecule has 2 aliphatic heterocycles. The molecular formula is C22H35BrN2. The molecule has 0 amide bonds. The lowest BCUT2D eigenvalue weighted by Gasteiger charge is -2.40. The molecule has 2 unspecified atom stereocenters. The normalized spacial score (nSPS) is 31.2. The van der Waals surface area contributed by atoms with Gasteiger partial charge in [0.05, 0.1) is 15.8 Å². The van der Waals surface area contributed by atoms with Crippen molar-refractivity contribution in [1.82, 2.24) is 0 Å². The summed E-state index contributed by atoms with van der Waals surface area (Å²) in [6.45, 7) is 18.9. The Morgan fingerprint density at radius 3 is 1.44 bits per heavy atom. The average molecular weight is 407 g/mol. The zero-order valence-electron chi connectivity index (χ0n) is 17.3. The van der Waals surface area contributed by atoms with E-state index in [4.69, 9.17) is 0 Å². The lowest BCUT2D eigenvalue weighted by Crippen LogP contribution is -2.47. The highest BCUT2D eigenvalue weighted by Gasteiger charge is 2.54. The quantitative estimate of drug-likeness (QED) is 0.563. The molecule has 2 nitrogen and oxygen atoms in total. The van der Waals surface area contributed by atoms with E-state index in [1.54, 1.807) is 0 Å². The number of fused-ring (bicyclic) bond motifs is 2. The molecule has 0 saturated heterocycles. The van der Waals surface area contributed by atoms with Gasteiger partial charge in [-0.2, -0.15) is 0 Å². The topological polar surface area (TPSA) is 24.1 Å². The summed E-state index contributed by atoms with van der Waals surface area (Å²) < 4.78 is 1.22.